The maximum atomic E-state index is 14.9. The molecule has 384 valence electrons. The molecule has 0 saturated carbocycles. The lowest BCUT2D eigenvalue weighted by Crippen LogP contribution is -2.64. The van der Waals surface area contributed by atoms with Gasteiger partial charge in [-0.2, -0.15) is 0 Å². The van der Waals surface area contributed by atoms with Crippen LogP contribution in [0.5, 0.6) is 0 Å². The summed E-state index contributed by atoms with van der Waals surface area (Å²) in [6.45, 7) is 21.4. The number of aryl methyl sites for hydroxylation is 1. The number of hydrogen-bond acceptors (Lipinski definition) is 11. The molecule has 0 radical (unpaired) electrons. The quantitative estimate of drug-likeness (QED) is 0.193. The Morgan fingerprint density at radius 2 is 1.86 bits per heavy atom. The molecule has 17 nitrogen and oxygen atoms in total. The molecule has 1 unspecified atom stereocenters. The third-order valence-corrected chi connectivity index (χ3v) is 15.6. The van der Waals surface area contributed by atoms with E-state index >= 15 is 0 Å². The van der Waals surface area contributed by atoms with Crippen LogP contribution in [0.15, 0.2) is 55.3 Å². The molecule has 7 heterocycles. The second-order valence-electron chi connectivity index (χ2n) is 21.3. The van der Waals surface area contributed by atoms with Gasteiger partial charge in [0.15, 0.2) is 0 Å². The Morgan fingerprint density at radius 1 is 1.10 bits per heavy atom. The number of aromatic nitrogens is 2. The first-order valence-corrected chi connectivity index (χ1v) is 25.6. The summed E-state index contributed by atoms with van der Waals surface area (Å²) >= 11 is 0. The van der Waals surface area contributed by atoms with Crippen LogP contribution in [0.2, 0.25) is 0 Å². The molecule has 3 fully saturated rings. The van der Waals surface area contributed by atoms with Gasteiger partial charge in [0, 0.05) is 88.0 Å². The van der Waals surface area contributed by atoms with Crippen LogP contribution in [0.1, 0.15) is 103 Å². The highest BCUT2D eigenvalue weighted by Crippen LogP contribution is 2.42. The van der Waals surface area contributed by atoms with E-state index in [-0.39, 0.29) is 55.8 Å². The zero-order chi connectivity index (χ0) is 50.9. The lowest BCUT2D eigenvalue weighted by atomic mass is 9.84. The summed E-state index contributed by atoms with van der Waals surface area (Å²) in [5.74, 6) is -1.73. The predicted molar refractivity (Wildman–Crippen MR) is 271 cm³/mol. The minimum atomic E-state index is -1.01. The Bertz CT molecular complexity index is 2550. The molecule has 2 N–H and O–H groups in total. The number of ether oxygens (including phenoxy) is 3. The number of likely N-dealkylation sites (tertiary alicyclic amines) is 1. The molecule has 6 bridgehead atoms. The summed E-state index contributed by atoms with van der Waals surface area (Å²) in [6.07, 6.45) is 8.58. The summed E-state index contributed by atoms with van der Waals surface area (Å²) in [5.41, 5.74) is 9.48. The molecule has 1 spiro atoms. The molecule has 0 aliphatic carbocycles. The van der Waals surface area contributed by atoms with Gasteiger partial charge in [0.05, 0.1) is 35.7 Å². The number of methoxy groups -OCH3 is 1. The topological polar surface area (TPSA) is 171 Å². The zero-order valence-corrected chi connectivity index (χ0v) is 43.3. The number of likely N-dealkylation sites (N-methyl/N-ethyl adjacent to an activating group) is 1. The number of hydrogen-bond donors (Lipinski definition) is 2. The second kappa shape index (κ2) is 21.2. The van der Waals surface area contributed by atoms with Crippen LogP contribution in [-0.4, -0.2) is 160 Å². The van der Waals surface area contributed by atoms with Crippen molar-refractivity contribution in [2.75, 3.05) is 66.8 Å². The Balaban J connectivity index is 1.09. The average molecular weight is 978 g/mol. The molecule has 3 saturated heterocycles. The largest absolute Gasteiger partial charge is 0.464 e. The highest BCUT2D eigenvalue weighted by atomic mass is 16.5. The molecule has 71 heavy (non-hydrogen) atoms. The fraction of sp³-hybridized carbons (Fsp3) is 0.593. The minimum Gasteiger partial charge on any atom is -0.464 e. The van der Waals surface area contributed by atoms with Gasteiger partial charge in [0.25, 0.3) is 5.91 Å². The lowest BCUT2D eigenvalue weighted by molar-refractivity contribution is -0.155. The molecule has 1 aromatic carbocycles. The molecule has 3 aromatic rings. The third-order valence-electron chi connectivity index (χ3n) is 15.6. The normalized spacial score (nSPS) is 24.5. The first kappa shape index (κ1) is 51.7. The average Bonchev–Trinajstić information content (AvgIpc) is 3.85. The van der Waals surface area contributed by atoms with E-state index in [1.54, 1.807) is 30.2 Å². The van der Waals surface area contributed by atoms with E-state index in [0.29, 0.717) is 71.4 Å². The highest BCUT2D eigenvalue weighted by molar-refractivity contribution is 5.95. The van der Waals surface area contributed by atoms with E-state index in [0.717, 1.165) is 51.0 Å². The van der Waals surface area contributed by atoms with Gasteiger partial charge >= 0.3 is 12.0 Å². The fourth-order valence-electron chi connectivity index (χ4n) is 11.6. The number of urea groups is 1. The molecular formula is C54H75N9O8. The summed E-state index contributed by atoms with van der Waals surface area (Å²) in [7, 11) is 3.34. The van der Waals surface area contributed by atoms with Crippen molar-refractivity contribution in [3.63, 3.8) is 0 Å². The van der Waals surface area contributed by atoms with Crippen molar-refractivity contribution >= 4 is 46.2 Å². The molecule has 2 aromatic heterocycles. The van der Waals surface area contributed by atoms with Gasteiger partial charge in [0.1, 0.15) is 24.9 Å². The fourth-order valence-corrected chi connectivity index (χ4v) is 11.6. The summed E-state index contributed by atoms with van der Waals surface area (Å²) in [4.78, 5) is 82.3. The Morgan fingerprint density at radius 3 is 2.56 bits per heavy atom. The standard InChI is InChI=1S/C54H75N9O8/c1-11-45(64)62-33-71-54(36(62)6)21-26-60(27-22-54)52(68)58(9)47(34(3)4)49(65)56-43-31-59-24-14-16-38(30-59)37-19-20-44-40(28-37)41(48(61(44)12-2)39-17-13-23-55-46(39)35(5)69-10)29-53(7,8)32-70-51(67)42-18-15-25-63(57-42)50(43)66/h11,13,16-17,19-20,23,28,34-36,42-43,47,57H,1,12,14-15,18,21-22,24-27,29-33H2,2-10H3,(H,56,65)/t35-,36+,42-,43-,47-/m0/s1. The van der Waals surface area contributed by atoms with Crippen LogP contribution < -0.4 is 10.7 Å². The predicted octanol–water partition coefficient (Wildman–Crippen LogP) is 5.93. The van der Waals surface area contributed by atoms with Gasteiger partial charge in [-0.15, -0.1) is 0 Å². The van der Waals surface area contributed by atoms with Crippen molar-refractivity contribution in [2.24, 2.45) is 11.3 Å². The number of nitrogens with zero attached hydrogens (tertiary/aromatic N) is 7. The summed E-state index contributed by atoms with van der Waals surface area (Å²) < 4.78 is 20.6. The van der Waals surface area contributed by atoms with Crippen LogP contribution in [0.3, 0.4) is 0 Å². The number of carbonyl (C=O) groups is 5. The van der Waals surface area contributed by atoms with Crippen molar-refractivity contribution in [2.45, 2.75) is 129 Å². The van der Waals surface area contributed by atoms with Crippen molar-refractivity contribution in [1.29, 1.82) is 0 Å². The van der Waals surface area contributed by atoms with Crippen LogP contribution in [0.25, 0.3) is 27.7 Å². The van der Waals surface area contributed by atoms with E-state index in [2.05, 4.69) is 77.9 Å². The number of pyridine rings is 1. The summed E-state index contributed by atoms with van der Waals surface area (Å²) in [6, 6.07) is 7.58. The number of carbonyl (C=O) groups excluding carboxylic acids is 5. The third kappa shape index (κ3) is 10.4. The van der Waals surface area contributed by atoms with Gasteiger partial charge in [-0.3, -0.25) is 34.1 Å². The summed E-state index contributed by atoms with van der Waals surface area (Å²) in [5, 5.41) is 5.71. The zero-order valence-electron chi connectivity index (χ0n) is 43.3. The molecule has 5 aliphatic heterocycles. The molecule has 6 atom stereocenters. The number of nitrogens with one attached hydrogen (secondary N) is 2. The van der Waals surface area contributed by atoms with Crippen molar-refractivity contribution in [1.82, 2.24) is 44.9 Å². The number of fused-ring (bicyclic) bond motifs is 6. The van der Waals surface area contributed by atoms with Gasteiger partial charge in [0.2, 0.25) is 11.8 Å². The molecule has 5 aliphatic rings. The van der Waals surface area contributed by atoms with Crippen LogP contribution in [-0.2, 0) is 46.4 Å². The van der Waals surface area contributed by atoms with Gasteiger partial charge in [-0.05, 0) is 112 Å². The first-order chi connectivity index (χ1) is 33.9. The Kier molecular flexibility index (Phi) is 15.5. The van der Waals surface area contributed by atoms with Gasteiger partial charge < -0.3 is 38.8 Å². The smallest absolute Gasteiger partial charge is 0.324 e. The SMILES string of the molecule is C=CC(=O)N1COC2(CCN(C(=O)N(C)[C@H](C(=O)N[C@H]3CN4CCC=C(C4)c4ccc5c(c4)c(c(-c4cccnc4[C@H](C)OC)n5CC)CC(C)(C)COC(=O)[C@@H]4CCCN(N4)C3=O)C(C)C)CC2)[C@H]1C. The highest BCUT2D eigenvalue weighted by Gasteiger charge is 2.50. The lowest BCUT2D eigenvalue weighted by Gasteiger charge is -2.43. The number of esters is 1. The molecular weight excluding hydrogens is 903 g/mol. The number of benzene rings is 1. The van der Waals surface area contributed by atoms with E-state index in [9.17, 15) is 24.0 Å². The molecule has 17 heteroatoms. The maximum Gasteiger partial charge on any atom is 0.324 e. The second-order valence-corrected chi connectivity index (χ2v) is 21.3. The number of piperidine rings is 1. The van der Waals surface area contributed by atoms with Crippen molar-refractivity contribution in [3.05, 3.63) is 72.1 Å². The van der Waals surface area contributed by atoms with Gasteiger partial charge in [-0.1, -0.05) is 46.4 Å². The first-order valence-electron chi connectivity index (χ1n) is 25.6. The van der Waals surface area contributed by atoms with E-state index < -0.39 is 41.0 Å². The van der Waals surface area contributed by atoms with E-state index in [4.69, 9.17) is 19.2 Å². The van der Waals surface area contributed by atoms with E-state index in [1.807, 2.05) is 33.8 Å². The minimum absolute atomic E-state index is 0.145. The van der Waals surface area contributed by atoms with Crippen molar-refractivity contribution in [3.8, 4) is 11.3 Å². The van der Waals surface area contributed by atoms with Crippen LogP contribution in [0, 0.1) is 11.3 Å². The van der Waals surface area contributed by atoms with E-state index in [1.165, 1.54) is 16.0 Å². The number of rotatable bonds is 9. The maximum absolute atomic E-state index is 14.9. The monoisotopic (exact) mass is 978 g/mol. The van der Waals surface area contributed by atoms with Crippen LogP contribution >= 0.6 is 0 Å². The Labute approximate surface area is 418 Å². The molecule has 8 rings (SSSR count). The molecule has 5 amide bonds. The number of cyclic esters (lactones) is 1. The van der Waals surface area contributed by atoms with Crippen molar-refractivity contribution < 1.29 is 38.2 Å². The number of amides is 5. The van der Waals surface area contributed by atoms with Gasteiger partial charge in [-0.25, -0.2) is 10.2 Å². The number of hydrazine groups is 1. The van der Waals surface area contributed by atoms with Crippen LogP contribution in [0.4, 0.5) is 4.79 Å². The Hall–Kier alpha value is -5.62.